The number of piperazine rings is 1. The first-order chi connectivity index (χ1) is 14.9. The van der Waals surface area contributed by atoms with Crippen molar-refractivity contribution in [2.75, 3.05) is 19.6 Å². The number of nitrogens with one attached hydrogen (secondary N) is 1. The number of halogens is 6. The maximum absolute atomic E-state index is 13.9. The Morgan fingerprint density at radius 3 is 2.34 bits per heavy atom. The minimum Gasteiger partial charge on any atom is -0.491 e. The molecule has 2 aromatic carbocycles. The van der Waals surface area contributed by atoms with Crippen LogP contribution in [0.15, 0.2) is 30.3 Å². The van der Waals surface area contributed by atoms with Gasteiger partial charge in [0.05, 0.1) is 28.8 Å². The maximum Gasteiger partial charge on any atom is 0.417 e. The van der Waals surface area contributed by atoms with E-state index in [0.29, 0.717) is 12.6 Å². The Morgan fingerprint density at radius 1 is 1.03 bits per heavy atom. The van der Waals surface area contributed by atoms with Gasteiger partial charge < -0.3 is 15.0 Å². The molecule has 32 heavy (non-hydrogen) atoms. The molecule has 0 aromatic heterocycles. The number of rotatable bonds is 3. The van der Waals surface area contributed by atoms with Crippen LogP contribution in [0.4, 0.5) is 26.3 Å². The van der Waals surface area contributed by atoms with E-state index >= 15 is 0 Å². The molecule has 2 aromatic rings. The molecular formula is C22H20F6N2O2. The first-order valence-corrected chi connectivity index (χ1v) is 10.0. The zero-order valence-corrected chi connectivity index (χ0v) is 17.2. The van der Waals surface area contributed by atoms with Crippen molar-refractivity contribution in [3.63, 3.8) is 0 Å². The van der Waals surface area contributed by atoms with Gasteiger partial charge in [0, 0.05) is 19.6 Å². The van der Waals surface area contributed by atoms with Gasteiger partial charge in [-0.15, -0.1) is 0 Å². The Labute approximate surface area is 180 Å². The molecular weight excluding hydrogens is 438 g/mol. The van der Waals surface area contributed by atoms with E-state index in [2.05, 4.69) is 5.32 Å². The third kappa shape index (κ3) is 3.92. The maximum atomic E-state index is 13.9. The summed E-state index contributed by atoms with van der Waals surface area (Å²) in [4.78, 5) is 14.1. The van der Waals surface area contributed by atoms with Gasteiger partial charge in [0.15, 0.2) is 0 Å². The highest BCUT2D eigenvalue weighted by Gasteiger charge is 2.46. The summed E-state index contributed by atoms with van der Waals surface area (Å²) < 4.78 is 88.6. The van der Waals surface area contributed by atoms with Crippen LogP contribution in [0.1, 0.15) is 46.9 Å². The molecule has 1 fully saturated rings. The number of hydrogen-bond acceptors (Lipinski definition) is 3. The van der Waals surface area contributed by atoms with Gasteiger partial charge in [-0.25, -0.2) is 0 Å². The van der Waals surface area contributed by atoms with Crippen molar-refractivity contribution in [1.82, 2.24) is 10.2 Å². The lowest BCUT2D eigenvalue weighted by Crippen LogP contribution is -2.44. The third-order valence-electron chi connectivity index (χ3n) is 5.53. The molecule has 2 heterocycles. The Bertz CT molecular complexity index is 1060. The fraction of sp³-hybridized carbons (Fsp3) is 0.409. The first kappa shape index (κ1) is 22.4. The van der Waals surface area contributed by atoms with Crippen LogP contribution in [0.5, 0.6) is 5.75 Å². The smallest absolute Gasteiger partial charge is 0.417 e. The van der Waals surface area contributed by atoms with Crippen molar-refractivity contribution in [2.45, 2.75) is 38.3 Å². The second-order valence-corrected chi connectivity index (χ2v) is 8.08. The molecule has 1 amide bonds. The van der Waals surface area contributed by atoms with E-state index in [1.165, 1.54) is 17.0 Å². The lowest BCUT2D eigenvalue weighted by atomic mass is 9.90. The molecule has 4 rings (SSSR count). The molecule has 0 radical (unpaired) electrons. The van der Waals surface area contributed by atoms with E-state index in [0.717, 1.165) is 12.1 Å². The van der Waals surface area contributed by atoms with Crippen molar-refractivity contribution < 1.29 is 35.9 Å². The Balaban J connectivity index is 1.94. The summed E-state index contributed by atoms with van der Waals surface area (Å²) in [5.41, 5.74) is -3.38. The number of amides is 1. The molecule has 0 aliphatic carbocycles. The summed E-state index contributed by atoms with van der Waals surface area (Å²) in [5, 5.41) is 3.02. The van der Waals surface area contributed by atoms with Gasteiger partial charge in [0.25, 0.3) is 5.91 Å². The minimum atomic E-state index is -4.91. The van der Waals surface area contributed by atoms with Gasteiger partial charge >= 0.3 is 12.4 Å². The summed E-state index contributed by atoms with van der Waals surface area (Å²) in [5.74, 6) is -0.784. The molecule has 2 aliphatic heterocycles. The average Bonchev–Trinajstić information content (AvgIpc) is 2.98. The highest BCUT2D eigenvalue weighted by atomic mass is 19.4. The quantitative estimate of drug-likeness (QED) is 0.637. The summed E-state index contributed by atoms with van der Waals surface area (Å²) in [6.07, 6.45) is -10.1. The Hall–Kier alpha value is -2.75. The lowest BCUT2D eigenvalue weighted by Gasteiger charge is -2.30. The topological polar surface area (TPSA) is 41.6 Å². The van der Waals surface area contributed by atoms with Gasteiger partial charge in [-0.2, -0.15) is 26.3 Å². The number of carbonyl (C=O) groups is 1. The van der Waals surface area contributed by atoms with Crippen LogP contribution in [-0.4, -0.2) is 36.5 Å². The van der Waals surface area contributed by atoms with Crippen molar-refractivity contribution in [3.05, 3.63) is 52.6 Å². The fourth-order valence-electron chi connectivity index (χ4n) is 4.27. The van der Waals surface area contributed by atoms with Crippen LogP contribution >= 0.6 is 0 Å². The Morgan fingerprint density at radius 2 is 1.72 bits per heavy atom. The molecule has 4 nitrogen and oxygen atoms in total. The molecule has 1 N–H and O–H groups in total. The minimum absolute atomic E-state index is 0.0360. The first-order valence-electron chi connectivity index (χ1n) is 10.0. The summed E-state index contributed by atoms with van der Waals surface area (Å²) in [6.45, 7) is 4.18. The van der Waals surface area contributed by atoms with E-state index in [-0.39, 0.29) is 36.1 Å². The number of ether oxygens (including phenoxy) is 1. The van der Waals surface area contributed by atoms with Gasteiger partial charge in [-0.05, 0) is 54.8 Å². The lowest BCUT2D eigenvalue weighted by molar-refractivity contribution is -0.138. The molecule has 172 valence electrons. The fourth-order valence-corrected chi connectivity index (χ4v) is 4.27. The van der Waals surface area contributed by atoms with Crippen LogP contribution in [0, 0.1) is 0 Å². The molecule has 2 aliphatic rings. The summed E-state index contributed by atoms with van der Waals surface area (Å²) in [6, 6.07) is 4.44. The number of carbonyl (C=O) groups excluding carboxylic acids is 1. The SMILES string of the molecule is CC(C)Oc1ccc(-c2cc3c(c(C(F)(F)F)c2)C(=O)N2CCNC[C@@H]32)c(C(F)(F)F)c1. The van der Waals surface area contributed by atoms with E-state index in [9.17, 15) is 31.1 Å². The molecule has 10 heteroatoms. The second kappa shape index (κ2) is 7.68. The van der Waals surface area contributed by atoms with E-state index < -0.39 is 46.6 Å². The number of nitrogens with zero attached hydrogens (tertiary/aromatic N) is 1. The van der Waals surface area contributed by atoms with Crippen LogP contribution in [0.3, 0.4) is 0 Å². The standard InChI is InChI=1S/C22H20F6N2O2/c1-11(2)32-13-3-4-14(16(9-13)21(23,24)25)12-7-15-18-10-29-5-6-30(18)20(31)19(15)17(8-12)22(26,27)28/h3-4,7-9,11,18,29H,5-6,10H2,1-2H3/t18-/m0/s1. The number of fused-ring (bicyclic) bond motifs is 3. The van der Waals surface area contributed by atoms with Gasteiger partial charge in [0.2, 0.25) is 0 Å². The summed E-state index contributed by atoms with van der Waals surface area (Å²) >= 11 is 0. The second-order valence-electron chi connectivity index (χ2n) is 8.08. The van der Waals surface area contributed by atoms with Crippen molar-refractivity contribution in [1.29, 1.82) is 0 Å². The largest absolute Gasteiger partial charge is 0.491 e. The van der Waals surface area contributed by atoms with E-state index in [1.807, 2.05) is 0 Å². The van der Waals surface area contributed by atoms with Gasteiger partial charge in [-0.3, -0.25) is 4.79 Å². The average molecular weight is 458 g/mol. The molecule has 0 spiro atoms. The molecule has 0 saturated carbocycles. The zero-order valence-electron chi connectivity index (χ0n) is 17.2. The van der Waals surface area contributed by atoms with Gasteiger partial charge in [-0.1, -0.05) is 6.07 Å². The van der Waals surface area contributed by atoms with E-state index in [4.69, 9.17) is 4.74 Å². The molecule has 1 saturated heterocycles. The normalized spacial score (nSPS) is 18.7. The number of hydrogen-bond donors (Lipinski definition) is 1. The number of alkyl halides is 6. The third-order valence-corrected chi connectivity index (χ3v) is 5.53. The highest BCUT2D eigenvalue weighted by molar-refractivity contribution is 6.02. The van der Waals surface area contributed by atoms with Crippen molar-refractivity contribution in [3.8, 4) is 16.9 Å². The predicted molar refractivity (Wildman–Crippen MR) is 104 cm³/mol. The Kier molecular flexibility index (Phi) is 5.39. The predicted octanol–water partition coefficient (Wildman–Crippen LogP) is 5.28. The van der Waals surface area contributed by atoms with Crippen LogP contribution < -0.4 is 10.1 Å². The number of benzene rings is 2. The zero-order chi connectivity index (χ0) is 23.4. The van der Waals surface area contributed by atoms with Gasteiger partial charge in [0.1, 0.15) is 5.75 Å². The monoisotopic (exact) mass is 458 g/mol. The van der Waals surface area contributed by atoms with Crippen LogP contribution in [0.2, 0.25) is 0 Å². The van der Waals surface area contributed by atoms with Crippen molar-refractivity contribution in [2.24, 2.45) is 0 Å². The van der Waals surface area contributed by atoms with Crippen LogP contribution in [0.25, 0.3) is 11.1 Å². The molecule has 0 bridgehead atoms. The highest BCUT2D eigenvalue weighted by Crippen LogP contribution is 2.46. The van der Waals surface area contributed by atoms with Crippen LogP contribution in [-0.2, 0) is 12.4 Å². The van der Waals surface area contributed by atoms with Crippen molar-refractivity contribution >= 4 is 5.91 Å². The molecule has 1 atom stereocenters. The summed E-state index contributed by atoms with van der Waals surface area (Å²) in [7, 11) is 0. The molecule has 0 unspecified atom stereocenters. The van der Waals surface area contributed by atoms with E-state index in [1.54, 1.807) is 13.8 Å².